The third-order valence-electron chi connectivity index (χ3n) is 6.99. The van der Waals surface area contributed by atoms with Gasteiger partial charge in [-0.05, 0) is 51.8 Å². The van der Waals surface area contributed by atoms with Crippen LogP contribution in [-0.4, -0.2) is 46.5 Å². The van der Waals surface area contributed by atoms with Crippen LogP contribution in [0.4, 0.5) is 5.69 Å². The summed E-state index contributed by atoms with van der Waals surface area (Å²) in [5.74, 6) is -1.55. The van der Waals surface area contributed by atoms with E-state index in [2.05, 4.69) is 5.32 Å². The highest BCUT2D eigenvalue weighted by atomic mass is 16.7. The number of phenols is 1. The zero-order chi connectivity index (χ0) is 24.7. The Bertz CT molecular complexity index is 1050. The van der Waals surface area contributed by atoms with Crippen LogP contribution in [0.1, 0.15) is 59.1 Å². The SMILES string of the molecule is C/C=C1/C=C(\C)[C@H]2Oc3c(cc(O)cc3[C@@H](O[C@H]3CC[C@@H](O)[C@@H](C)O3)[C@@H]2C)NC(=O)C(C)C1=O. The van der Waals surface area contributed by atoms with E-state index < -0.39 is 36.4 Å². The standard InChI is InChI=1S/C26H33NO7/c1-6-16-9-12(2)23-14(4)24(33-21-8-7-20(29)15(5)32-21)18-10-17(28)11-19(25(18)34-23)27-26(31)13(3)22(16)30/h6,9-11,13-15,20-21,23-24,28-29H,7-8H2,1-5H3,(H,27,31)/b12-9+,16-6-/t13?,14-,15-,20-,21+,23-,24+/m1/s1. The monoisotopic (exact) mass is 471 g/mol. The van der Waals surface area contributed by atoms with Crippen molar-refractivity contribution in [2.75, 3.05) is 5.32 Å². The minimum absolute atomic E-state index is 0.0551. The van der Waals surface area contributed by atoms with Gasteiger partial charge in [-0.15, -0.1) is 0 Å². The number of aliphatic hydroxyl groups is 1. The molecule has 184 valence electrons. The van der Waals surface area contributed by atoms with Gasteiger partial charge in [0, 0.05) is 29.5 Å². The van der Waals surface area contributed by atoms with E-state index in [9.17, 15) is 19.8 Å². The van der Waals surface area contributed by atoms with Crippen molar-refractivity contribution in [1.82, 2.24) is 0 Å². The minimum Gasteiger partial charge on any atom is -0.508 e. The summed E-state index contributed by atoms with van der Waals surface area (Å²) in [7, 11) is 0. The van der Waals surface area contributed by atoms with Crippen molar-refractivity contribution in [1.29, 1.82) is 0 Å². The molecule has 1 aromatic rings. The maximum atomic E-state index is 13.0. The molecule has 8 heteroatoms. The molecule has 0 aromatic heterocycles. The fourth-order valence-electron chi connectivity index (χ4n) is 4.89. The van der Waals surface area contributed by atoms with Gasteiger partial charge in [0.05, 0.1) is 29.9 Å². The normalized spacial score (nSPS) is 36.7. The number of aliphatic hydroxyl groups excluding tert-OH is 1. The number of hydrogen-bond donors (Lipinski definition) is 3. The van der Waals surface area contributed by atoms with Gasteiger partial charge >= 0.3 is 0 Å². The number of rotatable bonds is 2. The molecule has 8 nitrogen and oxygen atoms in total. The summed E-state index contributed by atoms with van der Waals surface area (Å²) in [4.78, 5) is 25.9. The molecule has 3 heterocycles. The predicted octanol–water partition coefficient (Wildman–Crippen LogP) is 3.78. The first-order chi connectivity index (χ1) is 16.1. The van der Waals surface area contributed by atoms with Crippen LogP contribution in [0.5, 0.6) is 11.5 Å². The summed E-state index contributed by atoms with van der Waals surface area (Å²) in [5, 5.41) is 23.3. The first-order valence-electron chi connectivity index (χ1n) is 11.8. The number of amides is 1. The largest absolute Gasteiger partial charge is 0.508 e. The number of anilines is 1. The van der Waals surface area contributed by atoms with E-state index in [1.807, 2.05) is 20.8 Å². The lowest BCUT2D eigenvalue weighted by atomic mass is 9.84. The van der Waals surface area contributed by atoms with Gasteiger partial charge in [-0.25, -0.2) is 0 Å². The Morgan fingerprint density at radius 3 is 2.59 bits per heavy atom. The Labute approximate surface area is 199 Å². The van der Waals surface area contributed by atoms with Crippen molar-refractivity contribution in [3.05, 3.63) is 41.0 Å². The van der Waals surface area contributed by atoms with E-state index in [1.54, 1.807) is 32.1 Å². The lowest BCUT2D eigenvalue weighted by molar-refractivity contribution is -0.247. The smallest absolute Gasteiger partial charge is 0.235 e. The molecule has 1 aromatic carbocycles. The molecule has 0 radical (unpaired) electrons. The number of fused-ring (bicyclic) bond motifs is 1. The number of hydrogen-bond acceptors (Lipinski definition) is 7. The molecule has 7 atom stereocenters. The maximum absolute atomic E-state index is 13.0. The molecule has 1 saturated heterocycles. The van der Waals surface area contributed by atoms with Gasteiger partial charge in [-0.2, -0.15) is 0 Å². The van der Waals surface area contributed by atoms with Crippen LogP contribution in [0.3, 0.4) is 0 Å². The Balaban J connectivity index is 1.81. The Hall–Kier alpha value is -2.68. The second-order valence-electron chi connectivity index (χ2n) is 9.49. The Kier molecular flexibility index (Phi) is 6.85. The third-order valence-corrected chi connectivity index (χ3v) is 6.99. The fourth-order valence-corrected chi connectivity index (χ4v) is 4.89. The molecule has 1 fully saturated rings. The highest BCUT2D eigenvalue weighted by Crippen LogP contribution is 2.49. The number of allylic oxidation sites excluding steroid dienone is 3. The number of benzene rings is 1. The molecule has 0 saturated carbocycles. The van der Waals surface area contributed by atoms with Crippen LogP contribution in [-0.2, 0) is 19.1 Å². The third kappa shape index (κ3) is 4.50. The highest BCUT2D eigenvalue weighted by Gasteiger charge is 2.42. The first-order valence-corrected chi connectivity index (χ1v) is 11.8. The van der Waals surface area contributed by atoms with E-state index >= 15 is 0 Å². The van der Waals surface area contributed by atoms with Crippen molar-refractivity contribution < 1.29 is 34.0 Å². The van der Waals surface area contributed by atoms with E-state index in [1.165, 1.54) is 6.07 Å². The number of phenolic OH excluding ortho intramolecular Hbond substituents is 1. The molecular formula is C26H33NO7. The van der Waals surface area contributed by atoms with Gasteiger partial charge in [0.25, 0.3) is 0 Å². The Morgan fingerprint density at radius 1 is 1.18 bits per heavy atom. The molecule has 3 aliphatic heterocycles. The summed E-state index contributed by atoms with van der Waals surface area (Å²) in [5.41, 5.74) is 2.14. The highest BCUT2D eigenvalue weighted by molar-refractivity contribution is 6.14. The molecule has 1 amide bonds. The lowest BCUT2D eigenvalue weighted by Gasteiger charge is -2.42. The van der Waals surface area contributed by atoms with Crippen LogP contribution in [0.25, 0.3) is 0 Å². The number of ether oxygens (including phenoxy) is 3. The molecule has 1 unspecified atom stereocenters. The van der Waals surface area contributed by atoms with E-state index in [0.717, 1.165) is 5.57 Å². The summed E-state index contributed by atoms with van der Waals surface area (Å²) >= 11 is 0. The molecule has 2 bridgehead atoms. The summed E-state index contributed by atoms with van der Waals surface area (Å²) in [6.07, 6.45) is 2.16. The van der Waals surface area contributed by atoms with Crippen LogP contribution in [0.2, 0.25) is 0 Å². The zero-order valence-corrected chi connectivity index (χ0v) is 20.2. The second-order valence-corrected chi connectivity index (χ2v) is 9.49. The summed E-state index contributed by atoms with van der Waals surface area (Å²) in [6.45, 7) is 9.02. The van der Waals surface area contributed by atoms with Gasteiger partial charge in [0.15, 0.2) is 12.1 Å². The van der Waals surface area contributed by atoms with Crippen molar-refractivity contribution in [3.63, 3.8) is 0 Å². The van der Waals surface area contributed by atoms with E-state index in [0.29, 0.717) is 29.7 Å². The van der Waals surface area contributed by atoms with Crippen LogP contribution in [0.15, 0.2) is 35.4 Å². The maximum Gasteiger partial charge on any atom is 0.235 e. The van der Waals surface area contributed by atoms with Crippen molar-refractivity contribution in [2.45, 2.75) is 78.2 Å². The van der Waals surface area contributed by atoms with E-state index in [4.69, 9.17) is 14.2 Å². The quantitative estimate of drug-likeness (QED) is 0.444. The molecule has 34 heavy (non-hydrogen) atoms. The first kappa shape index (κ1) is 24.4. The molecule has 3 N–H and O–H groups in total. The molecule has 0 aliphatic carbocycles. The van der Waals surface area contributed by atoms with Crippen molar-refractivity contribution >= 4 is 17.4 Å². The van der Waals surface area contributed by atoms with Gasteiger partial charge in [-0.1, -0.05) is 13.0 Å². The minimum atomic E-state index is -0.917. The summed E-state index contributed by atoms with van der Waals surface area (Å²) < 4.78 is 18.7. The number of Topliss-reactive ketones (excluding diaryl/α,β-unsaturated/α-hetero) is 1. The van der Waals surface area contributed by atoms with E-state index in [-0.39, 0.29) is 29.2 Å². The van der Waals surface area contributed by atoms with Crippen LogP contribution < -0.4 is 10.1 Å². The van der Waals surface area contributed by atoms with Crippen molar-refractivity contribution in [2.24, 2.45) is 11.8 Å². The van der Waals surface area contributed by atoms with Crippen LogP contribution in [0, 0.1) is 11.8 Å². The number of nitrogens with one attached hydrogen (secondary N) is 1. The topological polar surface area (TPSA) is 114 Å². The average Bonchev–Trinajstić information content (AvgIpc) is 2.80. The number of carbonyl (C=O) groups excluding carboxylic acids is 2. The fraction of sp³-hybridized carbons (Fsp3) is 0.538. The zero-order valence-electron chi connectivity index (χ0n) is 20.2. The molecular weight excluding hydrogens is 438 g/mol. The molecule has 0 spiro atoms. The van der Waals surface area contributed by atoms with Gasteiger partial charge < -0.3 is 29.7 Å². The summed E-state index contributed by atoms with van der Waals surface area (Å²) in [6, 6.07) is 3.00. The Morgan fingerprint density at radius 2 is 1.91 bits per heavy atom. The number of carbonyl (C=O) groups is 2. The predicted molar refractivity (Wildman–Crippen MR) is 125 cm³/mol. The van der Waals surface area contributed by atoms with Crippen LogP contribution >= 0.6 is 0 Å². The number of aromatic hydroxyl groups is 1. The van der Waals surface area contributed by atoms with Gasteiger partial charge in [-0.3, -0.25) is 9.59 Å². The number of ketones is 1. The van der Waals surface area contributed by atoms with Gasteiger partial charge in [0.2, 0.25) is 5.91 Å². The second kappa shape index (κ2) is 9.52. The van der Waals surface area contributed by atoms with Gasteiger partial charge in [0.1, 0.15) is 17.6 Å². The van der Waals surface area contributed by atoms with Crippen molar-refractivity contribution in [3.8, 4) is 11.5 Å². The molecule has 4 rings (SSSR count). The lowest BCUT2D eigenvalue weighted by Crippen LogP contribution is -2.42. The molecule has 3 aliphatic rings. The average molecular weight is 472 g/mol.